The SMILES string of the molecule is Cc1nc2ccccc2c2ccc([N+](=O)[O-])cc12. The molecule has 3 aromatic rings. The van der Waals surface area contributed by atoms with E-state index >= 15 is 0 Å². The maximum absolute atomic E-state index is 10.8. The zero-order valence-corrected chi connectivity index (χ0v) is 9.75. The third-order valence-corrected chi connectivity index (χ3v) is 3.09. The van der Waals surface area contributed by atoms with E-state index in [1.54, 1.807) is 12.1 Å². The fraction of sp³-hybridized carbons (Fsp3) is 0.0714. The Labute approximate surface area is 103 Å². The Bertz CT molecular complexity index is 781. The number of aromatic nitrogens is 1. The number of pyridine rings is 1. The molecule has 0 aliphatic heterocycles. The lowest BCUT2D eigenvalue weighted by atomic mass is 10.0. The van der Waals surface area contributed by atoms with Gasteiger partial charge in [-0.25, -0.2) is 0 Å². The average Bonchev–Trinajstić information content (AvgIpc) is 2.38. The number of hydrogen-bond acceptors (Lipinski definition) is 3. The summed E-state index contributed by atoms with van der Waals surface area (Å²) < 4.78 is 0. The molecular weight excluding hydrogens is 228 g/mol. The highest BCUT2D eigenvalue weighted by Crippen LogP contribution is 2.28. The van der Waals surface area contributed by atoms with Crippen molar-refractivity contribution >= 4 is 27.4 Å². The predicted octanol–water partition coefficient (Wildman–Crippen LogP) is 3.60. The van der Waals surface area contributed by atoms with Crippen LogP contribution in [0.3, 0.4) is 0 Å². The van der Waals surface area contributed by atoms with Crippen LogP contribution in [-0.4, -0.2) is 9.91 Å². The van der Waals surface area contributed by atoms with Gasteiger partial charge in [0, 0.05) is 28.6 Å². The number of nitro groups is 1. The summed E-state index contributed by atoms with van der Waals surface area (Å²) in [4.78, 5) is 14.9. The highest BCUT2D eigenvalue weighted by atomic mass is 16.6. The molecule has 1 heterocycles. The Morgan fingerprint density at radius 2 is 1.83 bits per heavy atom. The van der Waals surface area contributed by atoms with Crippen molar-refractivity contribution in [1.29, 1.82) is 0 Å². The molecule has 0 atom stereocenters. The summed E-state index contributed by atoms with van der Waals surface area (Å²) in [5, 5.41) is 13.7. The van der Waals surface area contributed by atoms with Gasteiger partial charge in [0.2, 0.25) is 0 Å². The fourth-order valence-electron chi connectivity index (χ4n) is 2.22. The Morgan fingerprint density at radius 1 is 1.06 bits per heavy atom. The summed E-state index contributed by atoms with van der Waals surface area (Å²) in [5.41, 5.74) is 1.83. The maximum atomic E-state index is 10.8. The average molecular weight is 238 g/mol. The Hall–Kier alpha value is -2.49. The molecule has 18 heavy (non-hydrogen) atoms. The van der Waals surface area contributed by atoms with Crippen molar-refractivity contribution in [3.8, 4) is 0 Å². The van der Waals surface area contributed by atoms with Crippen molar-refractivity contribution in [3.63, 3.8) is 0 Å². The lowest BCUT2D eigenvalue weighted by Crippen LogP contribution is -1.91. The number of fused-ring (bicyclic) bond motifs is 3. The van der Waals surface area contributed by atoms with Gasteiger partial charge < -0.3 is 0 Å². The summed E-state index contributed by atoms with van der Waals surface area (Å²) in [7, 11) is 0. The predicted molar refractivity (Wildman–Crippen MR) is 70.6 cm³/mol. The molecule has 2 aromatic carbocycles. The van der Waals surface area contributed by atoms with Gasteiger partial charge >= 0.3 is 0 Å². The summed E-state index contributed by atoms with van der Waals surface area (Å²) in [6.07, 6.45) is 0. The second-order valence-corrected chi connectivity index (χ2v) is 4.20. The summed E-state index contributed by atoms with van der Waals surface area (Å²) in [6, 6.07) is 12.7. The van der Waals surface area contributed by atoms with E-state index in [9.17, 15) is 10.1 Å². The number of nitro benzene ring substituents is 1. The third kappa shape index (κ3) is 1.50. The minimum absolute atomic E-state index is 0.0997. The molecule has 0 bridgehead atoms. The fourth-order valence-corrected chi connectivity index (χ4v) is 2.22. The molecule has 0 amide bonds. The first-order valence-electron chi connectivity index (χ1n) is 5.60. The quantitative estimate of drug-likeness (QED) is 0.369. The lowest BCUT2D eigenvalue weighted by Gasteiger charge is -2.06. The van der Waals surface area contributed by atoms with E-state index < -0.39 is 0 Å². The number of para-hydroxylation sites is 1. The molecule has 0 fully saturated rings. The van der Waals surface area contributed by atoms with Crippen LogP contribution in [0.1, 0.15) is 5.69 Å². The van der Waals surface area contributed by atoms with Crippen molar-refractivity contribution in [2.45, 2.75) is 6.92 Å². The Morgan fingerprint density at radius 3 is 2.61 bits per heavy atom. The third-order valence-electron chi connectivity index (χ3n) is 3.09. The van der Waals surface area contributed by atoms with Crippen LogP contribution in [0.4, 0.5) is 5.69 Å². The van der Waals surface area contributed by atoms with Gasteiger partial charge in [-0.15, -0.1) is 0 Å². The van der Waals surface area contributed by atoms with Gasteiger partial charge in [0.05, 0.1) is 10.4 Å². The molecule has 0 saturated heterocycles. The lowest BCUT2D eigenvalue weighted by molar-refractivity contribution is -0.384. The molecule has 3 rings (SSSR count). The van der Waals surface area contributed by atoms with Crippen molar-refractivity contribution < 1.29 is 4.92 Å². The van der Waals surface area contributed by atoms with E-state index in [0.717, 1.165) is 27.4 Å². The van der Waals surface area contributed by atoms with Crippen molar-refractivity contribution in [2.75, 3.05) is 0 Å². The number of aryl methyl sites for hydroxylation is 1. The van der Waals surface area contributed by atoms with E-state index in [1.165, 1.54) is 6.07 Å². The number of benzene rings is 2. The maximum Gasteiger partial charge on any atom is 0.270 e. The van der Waals surface area contributed by atoms with E-state index in [4.69, 9.17) is 0 Å². The molecule has 0 unspecified atom stereocenters. The van der Waals surface area contributed by atoms with Gasteiger partial charge in [0.25, 0.3) is 5.69 Å². The van der Waals surface area contributed by atoms with E-state index in [-0.39, 0.29) is 10.6 Å². The van der Waals surface area contributed by atoms with Gasteiger partial charge in [0.1, 0.15) is 0 Å². The molecule has 88 valence electrons. The monoisotopic (exact) mass is 238 g/mol. The van der Waals surface area contributed by atoms with Gasteiger partial charge in [-0.2, -0.15) is 0 Å². The first-order chi connectivity index (χ1) is 8.66. The molecule has 0 saturated carbocycles. The number of non-ortho nitro benzene ring substituents is 1. The van der Waals surface area contributed by atoms with Crippen LogP contribution in [-0.2, 0) is 0 Å². The first-order valence-corrected chi connectivity index (χ1v) is 5.60. The number of rotatable bonds is 1. The molecular formula is C14H10N2O2. The second kappa shape index (κ2) is 3.77. The van der Waals surface area contributed by atoms with Gasteiger partial charge in [-0.3, -0.25) is 15.1 Å². The normalized spacial score (nSPS) is 10.9. The van der Waals surface area contributed by atoms with Crippen LogP contribution >= 0.6 is 0 Å². The molecule has 0 spiro atoms. The van der Waals surface area contributed by atoms with Crippen LogP contribution in [0.5, 0.6) is 0 Å². The van der Waals surface area contributed by atoms with E-state index in [0.29, 0.717) is 0 Å². The Balaban J connectivity index is 2.47. The first kappa shape index (κ1) is 10.7. The van der Waals surface area contributed by atoms with Gasteiger partial charge in [-0.05, 0) is 24.4 Å². The number of nitrogens with zero attached hydrogens (tertiary/aromatic N) is 2. The van der Waals surface area contributed by atoms with Crippen molar-refractivity contribution in [2.24, 2.45) is 0 Å². The minimum Gasteiger partial charge on any atom is -0.258 e. The van der Waals surface area contributed by atoms with Crippen molar-refractivity contribution in [1.82, 2.24) is 4.98 Å². The van der Waals surface area contributed by atoms with Crippen LogP contribution < -0.4 is 0 Å². The summed E-state index contributed by atoms with van der Waals surface area (Å²) >= 11 is 0. The molecule has 0 aliphatic carbocycles. The van der Waals surface area contributed by atoms with E-state index in [2.05, 4.69) is 4.98 Å². The molecule has 1 aromatic heterocycles. The zero-order valence-electron chi connectivity index (χ0n) is 9.75. The summed E-state index contributed by atoms with van der Waals surface area (Å²) in [6.45, 7) is 1.87. The number of hydrogen-bond donors (Lipinski definition) is 0. The Kier molecular flexibility index (Phi) is 2.23. The summed E-state index contributed by atoms with van der Waals surface area (Å²) in [5.74, 6) is 0. The second-order valence-electron chi connectivity index (χ2n) is 4.20. The van der Waals surface area contributed by atoms with Gasteiger partial charge in [0.15, 0.2) is 0 Å². The zero-order chi connectivity index (χ0) is 12.7. The highest BCUT2D eigenvalue weighted by molar-refractivity contribution is 6.07. The van der Waals surface area contributed by atoms with Crippen LogP contribution in [0.2, 0.25) is 0 Å². The van der Waals surface area contributed by atoms with Crippen LogP contribution in [0.25, 0.3) is 21.7 Å². The molecule has 4 nitrogen and oxygen atoms in total. The minimum atomic E-state index is -0.381. The standard InChI is InChI=1S/C14H10N2O2/c1-9-13-8-10(16(17)18)6-7-11(13)12-4-2-3-5-14(12)15-9/h2-8H,1H3. The topological polar surface area (TPSA) is 56.0 Å². The molecule has 4 heteroatoms. The van der Waals surface area contributed by atoms with Gasteiger partial charge in [-0.1, -0.05) is 18.2 Å². The molecule has 0 aliphatic rings. The van der Waals surface area contributed by atoms with Crippen molar-refractivity contribution in [3.05, 3.63) is 58.3 Å². The molecule has 0 N–H and O–H groups in total. The highest BCUT2D eigenvalue weighted by Gasteiger charge is 2.10. The smallest absolute Gasteiger partial charge is 0.258 e. The van der Waals surface area contributed by atoms with Crippen LogP contribution in [0.15, 0.2) is 42.5 Å². The van der Waals surface area contributed by atoms with Crippen LogP contribution in [0, 0.1) is 17.0 Å². The molecule has 0 radical (unpaired) electrons. The largest absolute Gasteiger partial charge is 0.270 e. The van der Waals surface area contributed by atoms with E-state index in [1.807, 2.05) is 31.2 Å².